The Morgan fingerprint density at radius 2 is 1.77 bits per heavy atom. The van der Waals surface area contributed by atoms with Gasteiger partial charge in [0, 0.05) is 118 Å². The highest BCUT2D eigenvalue weighted by Gasteiger charge is 2.54. The largest absolute Gasteiger partial charge is 0.464 e. The Labute approximate surface area is 491 Å². The number of nitrogens with zero attached hydrogens (tertiary/aromatic N) is 8. The number of morpholine rings is 1. The van der Waals surface area contributed by atoms with Gasteiger partial charge in [-0.25, -0.2) is 15.2 Å². The maximum Gasteiger partial charge on any atom is 0.324 e. The van der Waals surface area contributed by atoms with E-state index in [1.54, 1.807) is 31.3 Å². The lowest BCUT2D eigenvalue weighted by molar-refractivity contribution is -0.155. The highest BCUT2D eigenvalue weighted by atomic mass is 32.1. The Bertz CT molecular complexity index is 2780. The van der Waals surface area contributed by atoms with Crippen molar-refractivity contribution in [1.29, 1.82) is 0 Å². The number of piperazine rings is 1. The number of hydrogen-bond acceptors (Lipinski definition) is 13. The van der Waals surface area contributed by atoms with E-state index in [-0.39, 0.29) is 91.0 Å². The molecule has 4 fully saturated rings. The molecule has 0 radical (unpaired) electrons. The van der Waals surface area contributed by atoms with Gasteiger partial charge in [-0.2, -0.15) is 54.0 Å². The third kappa shape index (κ3) is 13.9. The SMILES string of the molecule is CCn1c(-c2cccnc2[C@H](C)OC)c2c3cc(ccc31)-c1csc(n1)C[C@H](NC(=O)[C@H](C(C)C)N(C)C(=O)N1CCN(C(=O)/C=C/CN3CCOCC3)C3(CC3)C1)C(=O)N1CCC[C@H](N1)C(=O)OCC(C)(C)C2.S.S.S.S. The number of pyridine rings is 1. The molecule has 1 spiro atoms. The van der Waals surface area contributed by atoms with E-state index in [1.165, 1.54) is 21.2 Å². The van der Waals surface area contributed by atoms with Crippen LogP contribution in [-0.2, 0) is 52.8 Å². The number of benzene rings is 1. The second-order valence-corrected chi connectivity index (χ2v) is 22.7. The number of amides is 5. The summed E-state index contributed by atoms with van der Waals surface area (Å²) in [6.07, 6.45) is 8.35. The maximum absolute atomic E-state index is 14.8. The van der Waals surface area contributed by atoms with Crippen molar-refractivity contribution in [2.24, 2.45) is 11.3 Å². The fraction of sp³-hybridized carbons (Fsp3) is 0.582. The van der Waals surface area contributed by atoms with Crippen LogP contribution in [0.5, 0.6) is 0 Å². The lowest BCUT2D eigenvalue weighted by atomic mass is 9.84. The first-order valence-electron chi connectivity index (χ1n) is 26.4. The van der Waals surface area contributed by atoms with Crippen molar-refractivity contribution < 1.29 is 38.2 Å². The molecule has 1 aromatic carbocycles. The molecule has 9 rings (SSSR count). The molecule has 2 N–H and O–H groups in total. The topological polar surface area (TPSA) is 184 Å². The van der Waals surface area contributed by atoms with Crippen LogP contribution in [0.15, 0.2) is 54.1 Å². The quantitative estimate of drug-likeness (QED) is 0.127. The van der Waals surface area contributed by atoms with Crippen LogP contribution in [0.1, 0.15) is 89.6 Å². The van der Waals surface area contributed by atoms with Crippen molar-refractivity contribution in [3.63, 3.8) is 0 Å². The Morgan fingerprint density at radius 3 is 2.46 bits per heavy atom. The predicted octanol–water partition coefficient (Wildman–Crippen LogP) is 6.30. The lowest BCUT2D eigenvalue weighted by Crippen LogP contribution is -2.64. The zero-order valence-electron chi connectivity index (χ0n) is 46.4. The van der Waals surface area contributed by atoms with Crippen LogP contribution in [0, 0.1) is 11.3 Å². The predicted molar refractivity (Wildman–Crippen MR) is 324 cm³/mol. The van der Waals surface area contributed by atoms with Crippen molar-refractivity contribution in [2.45, 2.75) is 116 Å². The van der Waals surface area contributed by atoms with E-state index in [1.807, 2.05) is 43.2 Å². The second-order valence-electron chi connectivity index (χ2n) is 21.8. The Morgan fingerprint density at radius 1 is 1.03 bits per heavy atom. The van der Waals surface area contributed by atoms with E-state index in [2.05, 4.69) is 65.2 Å². The van der Waals surface area contributed by atoms with Crippen molar-refractivity contribution >= 4 is 106 Å². The number of likely N-dealkylation sites (N-methyl/N-ethyl adjacent to an activating group) is 1. The summed E-state index contributed by atoms with van der Waals surface area (Å²) in [5, 5.41) is 8.18. The molecule has 0 unspecified atom stereocenters. The van der Waals surface area contributed by atoms with Gasteiger partial charge in [-0.1, -0.05) is 39.8 Å². The zero-order chi connectivity index (χ0) is 52.5. The van der Waals surface area contributed by atoms with Crippen LogP contribution in [0.4, 0.5) is 4.79 Å². The number of carbonyl (C=O) groups excluding carboxylic acids is 5. The summed E-state index contributed by atoms with van der Waals surface area (Å²) in [4.78, 5) is 88.8. The number of hydrazine groups is 1. The summed E-state index contributed by atoms with van der Waals surface area (Å²) in [5.41, 5.74) is 8.86. The average Bonchev–Trinajstić information content (AvgIpc) is 3.89. The number of methoxy groups -OCH3 is 1. The van der Waals surface area contributed by atoms with Gasteiger partial charge in [0.2, 0.25) is 11.8 Å². The van der Waals surface area contributed by atoms with Gasteiger partial charge in [-0.05, 0) is 81.7 Å². The smallest absolute Gasteiger partial charge is 0.324 e. The number of aryl methyl sites for hydroxylation is 1. The molecule has 7 heterocycles. The van der Waals surface area contributed by atoms with E-state index < -0.39 is 46.9 Å². The number of ether oxygens (including phenoxy) is 3. The molecule has 3 aromatic heterocycles. The molecular formula is C55H82N10O8S5. The fourth-order valence-electron chi connectivity index (χ4n) is 11.3. The van der Waals surface area contributed by atoms with E-state index in [4.69, 9.17) is 24.2 Å². The van der Waals surface area contributed by atoms with E-state index in [9.17, 15) is 24.0 Å². The van der Waals surface area contributed by atoms with Crippen molar-refractivity contribution in [3.8, 4) is 22.5 Å². The van der Waals surface area contributed by atoms with Gasteiger partial charge < -0.3 is 38.8 Å². The first kappa shape index (κ1) is 64.5. The summed E-state index contributed by atoms with van der Waals surface area (Å²) in [6.45, 7) is 18.1. The Kier molecular flexibility index (Phi) is 22.7. The number of nitrogens with one attached hydrogen (secondary N) is 2. The number of hydrogen-bond donors (Lipinski definition) is 2. The number of thiazole rings is 1. The number of fused-ring (bicyclic) bond motifs is 6. The van der Waals surface area contributed by atoms with Crippen LogP contribution in [0.3, 0.4) is 0 Å². The number of rotatable bonds is 11. The molecule has 6 bridgehead atoms. The minimum Gasteiger partial charge on any atom is -0.464 e. The van der Waals surface area contributed by atoms with Gasteiger partial charge in [0.25, 0.3) is 5.91 Å². The van der Waals surface area contributed by atoms with E-state index in [0.717, 1.165) is 70.6 Å². The first-order chi connectivity index (χ1) is 35.5. The van der Waals surface area contributed by atoms with Gasteiger partial charge in [0.1, 0.15) is 18.1 Å². The van der Waals surface area contributed by atoms with Gasteiger partial charge in [-0.3, -0.25) is 34.1 Å². The molecule has 5 aliphatic rings. The van der Waals surface area contributed by atoms with Crippen LogP contribution in [-0.4, -0.2) is 172 Å². The van der Waals surface area contributed by atoms with Gasteiger partial charge in [-0.15, -0.1) is 11.3 Å². The molecule has 4 aliphatic heterocycles. The number of cyclic esters (lactones) is 1. The number of carbonyl (C=O) groups is 5. The van der Waals surface area contributed by atoms with Crippen LogP contribution in [0.25, 0.3) is 33.4 Å². The third-order valence-corrected chi connectivity index (χ3v) is 16.4. The molecule has 18 nitrogen and oxygen atoms in total. The summed E-state index contributed by atoms with van der Waals surface area (Å²) in [5.74, 6) is -1.73. The summed E-state index contributed by atoms with van der Waals surface area (Å²) in [7, 11) is 3.32. The number of urea groups is 1. The van der Waals surface area contributed by atoms with Crippen molar-refractivity contribution in [1.82, 2.24) is 49.9 Å². The summed E-state index contributed by atoms with van der Waals surface area (Å²) >= 11 is 1.41. The molecule has 430 valence electrons. The normalized spacial score (nSPS) is 21.1. The Balaban J connectivity index is 0.00000280. The number of aromatic nitrogens is 3. The molecule has 5 amide bonds. The van der Waals surface area contributed by atoms with Crippen LogP contribution >= 0.6 is 65.3 Å². The second kappa shape index (κ2) is 27.4. The van der Waals surface area contributed by atoms with Gasteiger partial charge in [0.15, 0.2) is 0 Å². The van der Waals surface area contributed by atoms with Crippen LogP contribution in [0.2, 0.25) is 0 Å². The van der Waals surface area contributed by atoms with Crippen molar-refractivity contribution in [2.75, 3.05) is 79.8 Å². The minimum absolute atomic E-state index is 0. The number of esters is 1. The summed E-state index contributed by atoms with van der Waals surface area (Å²) in [6, 6.07) is 7.31. The molecule has 3 saturated heterocycles. The standard InChI is InChI=1S/C55H74N10O8S.4H2S/c1-9-63-44-17-16-37-29-39(44)40(49(63)38-13-10-20-56-47(38)36(4)71-8)31-54(5,6)34-73-52(69)41-14-11-22-65(59-41)51(68)42(30-45-57-43(37)32-74-45)58-50(67)48(35(2)3)60(7)53(70)62-23-24-64(55(33-62)18-19-55)46(66)15-12-21-61-25-27-72-28-26-61;;;;/h10,12-13,15-17,20,29,32,35-36,41-42,48,59H,9,11,14,18-19,21-28,30-31,33-34H2,1-8H3,(H,58,67);4*1H2/b15-12+;;;;/t36-,41-,42-,48-;;;;/m0..../s1. The van der Waals surface area contributed by atoms with Crippen LogP contribution < -0.4 is 10.7 Å². The molecule has 1 saturated carbocycles. The van der Waals surface area contributed by atoms with Gasteiger partial charge in [0.05, 0.1) is 53.6 Å². The highest BCUT2D eigenvalue weighted by molar-refractivity contribution is 7.59. The van der Waals surface area contributed by atoms with E-state index >= 15 is 0 Å². The molecule has 23 heteroatoms. The molecule has 1 aliphatic carbocycles. The first-order valence-corrected chi connectivity index (χ1v) is 27.3. The summed E-state index contributed by atoms with van der Waals surface area (Å²) < 4.78 is 19.7. The molecule has 4 aromatic rings. The molecule has 4 atom stereocenters. The third-order valence-electron chi connectivity index (χ3n) is 15.5. The Hall–Kier alpha value is -4.33. The van der Waals surface area contributed by atoms with E-state index in [0.29, 0.717) is 76.8 Å². The fourth-order valence-corrected chi connectivity index (χ4v) is 12.2. The molecular weight excluding hydrogens is 1090 g/mol. The van der Waals surface area contributed by atoms with Gasteiger partial charge >= 0.3 is 12.0 Å². The lowest BCUT2D eigenvalue weighted by Gasteiger charge is -2.44. The average molecular weight is 1170 g/mol. The highest BCUT2D eigenvalue weighted by Crippen LogP contribution is 2.45. The van der Waals surface area contributed by atoms with Crippen molar-refractivity contribution in [3.05, 3.63) is 70.3 Å². The maximum atomic E-state index is 14.8. The monoisotopic (exact) mass is 1170 g/mol. The molecule has 78 heavy (non-hydrogen) atoms. The minimum atomic E-state index is -1.09. The zero-order valence-corrected chi connectivity index (χ0v) is 51.2.